The van der Waals surface area contributed by atoms with Crippen LogP contribution in [0.1, 0.15) is 11.4 Å². The van der Waals surface area contributed by atoms with Gasteiger partial charge in [0.1, 0.15) is 5.82 Å². The highest BCUT2D eigenvalue weighted by Crippen LogP contribution is 2.34. The minimum absolute atomic E-state index is 0.117. The van der Waals surface area contributed by atoms with E-state index in [0.29, 0.717) is 30.5 Å². The van der Waals surface area contributed by atoms with Crippen molar-refractivity contribution in [3.05, 3.63) is 64.9 Å². The van der Waals surface area contributed by atoms with Gasteiger partial charge in [0.2, 0.25) is 5.91 Å². The maximum Gasteiger partial charge on any atom is 0.234 e. The Morgan fingerprint density at radius 1 is 1.13 bits per heavy atom. The Balaban J connectivity index is 1.42. The molecule has 1 aromatic heterocycles. The van der Waals surface area contributed by atoms with Gasteiger partial charge in [-0.2, -0.15) is 0 Å². The molecule has 162 valence electrons. The van der Waals surface area contributed by atoms with E-state index < -0.39 is 0 Å². The molecule has 0 unspecified atom stereocenters. The molecule has 1 aliphatic rings. The summed E-state index contributed by atoms with van der Waals surface area (Å²) in [7, 11) is 0. The van der Waals surface area contributed by atoms with Crippen LogP contribution in [0.2, 0.25) is 5.02 Å². The summed E-state index contributed by atoms with van der Waals surface area (Å²) in [5.41, 5.74) is 2.71. The molecule has 0 atom stereocenters. The zero-order valence-electron chi connectivity index (χ0n) is 17.3. The smallest absolute Gasteiger partial charge is 0.234 e. The number of hydrogen-bond donors (Lipinski definition) is 1. The van der Waals surface area contributed by atoms with E-state index in [2.05, 4.69) is 32.5 Å². The number of halogens is 1. The number of aromatic nitrogens is 3. The highest BCUT2D eigenvalue weighted by Gasteiger charge is 2.19. The lowest BCUT2D eigenvalue weighted by Crippen LogP contribution is -2.37. The number of amides is 1. The van der Waals surface area contributed by atoms with Gasteiger partial charge in [-0.05, 0) is 24.6 Å². The third-order valence-corrected chi connectivity index (χ3v) is 6.28. The maximum absolute atomic E-state index is 12.7. The van der Waals surface area contributed by atoms with Gasteiger partial charge in [-0.3, -0.25) is 4.79 Å². The Labute approximate surface area is 190 Å². The minimum Gasteiger partial charge on any atom is -0.378 e. The van der Waals surface area contributed by atoms with E-state index in [1.54, 1.807) is 0 Å². The first-order chi connectivity index (χ1) is 15.1. The predicted octanol–water partition coefficient (Wildman–Crippen LogP) is 3.86. The van der Waals surface area contributed by atoms with Crippen LogP contribution >= 0.6 is 23.4 Å². The lowest BCUT2D eigenvalue weighted by molar-refractivity contribution is -0.113. The zero-order valence-corrected chi connectivity index (χ0v) is 18.8. The van der Waals surface area contributed by atoms with Crippen molar-refractivity contribution in [1.29, 1.82) is 0 Å². The normalized spacial score (nSPS) is 13.9. The monoisotopic (exact) mass is 457 g/mol. The highest BCUT2D eigenvalue weighted by molar-refractivity contribution is 7.99. The Bertz CT molecular complexity index is 1040. The number of carbonyl (C=O) groups is 1. The first-order valence-electron chi connectivity index (χ1n) is 10.1. The fourth-order valence-electron chi connectivity index (χ4n) is 3.46. The van der Waals surface area contributed by atoms with Crippen LogP contribution < -0.4 is 10.2 Å². The summed E-state index contributed by atoms with van der Waals surface area (Å²) in [4.78, 5) is 14.9. The molecular weight excluding hydrogens is 434 g/mol. The van der Waals surface area contributed by atoms with Crippen LogP contribution in [0.25, 0.3) is 0 Å². The molecule has 0 bridgehead atoms. The van der Waals surface area contributed by atoms with Crippen LogP contribution in [0.15, 0.2) is 53.7 Å². The van der Waals surface area contributed by atoms with Crippen molar-refractivity contribution >= 4 is 40.6 Å². The minimum atomic E-state index is -0.117. The van der Waals surface area contributed by atoms with Crippen molar-refractivity contribution in [2.75, 3.05) is 42.3 Å². The molecule has 1 fully saturated rings. The third-order valence-electron chi connectivity index (χ3n) is 5.01. The van der Waals surface area contributed by atoms with E-state index >= 15 is 0 Å². The van der Waals surface area contributed by atoms with Crippen LogP contribution in [0.3, 0.4) is 0 Å². The molecule has 0 aliphatic carbocycles. The van der Waals surface area contributed by atoms with E-state index in [1.807, 2.05) is 47.9 Å². The Morgan fingerprint density at radius 2 is 1.90 bits per heavy atom. The van der Waals surface area contributed by atoms with E-state index in [4.69, 9.17) is 16.3 Å². The quantitative estimate of drug-likeness (QED) is 0.543. The summed E-state index contributed by atoms with van der Waals surface area (Å²) >= 11 is 7.83. The van der Waals surface area contributed by atoms with Crippen molar-refractivity contribution in [1.82, 2.24) is 14.8 Å². The van der Waals surface area contributed by atoms with Gasteiger partial charge in [-0.15, -0.1) is 10.2 Å². The zero-order chi connectivity index (χ0) is 21.6. The summed E-state index contributed by atoms with van der Waals surface area (Å²) in [6, 6.07) is 15.7. The van der Waals surface area contributed by atoms with E-state index in [1.165, 1.54) is 11.8 Å². The molecule has 7 nitrogen and oxygen atoms in total. The molecule has 31 heavy (non-hydrogen) atoms. The molecule has 4 rings (SSSR count). The van der Waals surface area contributed by atoms with Gasteiger partial charge >= 0.3 is 0 Å². The molecule has 1 N–H and O–H groups in total. The van der Waals surface area contributed by atoms with Crippen LogP contribution in [-0.2, 0) is 16.1 Å². The molecule has 2 heterocycles. The number of anilines is 2. The maximum atomic E-state index is 12.7. The average molecular weight is 458 g/mol. The second-order valence-corrected chi connectivity index (χ2v) is 8.52. The number of hydrogen-bond acceptors (Lipinski definition) is 6. The van der Waals surface area contributed by atoms with Crippen molar-refractivity contribution in [2.24, 2.45) is 0 Å². The van der Waals surface area contributed by atoms with Crippen molar-refractivity contribution in [3.63, 3.8) is 0 Å². The van der Waals surface area contributed by atoms with Gasteiger partial charge in [0.15, 0.2) is 5.16 Å². The molecule has 0 saturated carbocycles. The second kappa shape index (κ2) is 10.2. The largest absolute Gasteiger partial charge is 0.378 e. The van der Waals surface area contributed by atoms with E-state index in [0.717, 1.165) is 35.3 Å². The molecule has 3 aromatic rings. The number of rotatable bonds is 7. The Kier molecular flexibility index (Phi) is 7.11. The molecule has 1 amide bonds. The standard InChI is InChI=1S/C22H24ClN5O2S/c1-16-25-26-22(28(16)14-17-6-3-2-4-7-17)31-15-20(29)24-19-9-5-8-18(23)21(19)27-10-12-30-13-11-27/h2-9H,10-15H2,1H3,(H,24,29). The number of ether oxygens (including phenoxy) is 1. The van der Waals surface area contributed by atoms with Crippen LogP contribution in [-0.4, -0.2) is 52.7 Å². The van der Waals surface area contributed by atoms with Gasteiger partial charge in [0, 0.05) is 13.1 Å². The lowest BCUT2D eigenvalue weighted by atomic mass is 10.2. The number of para-hydroxylation sites is 1. The lowest BCUT2D eigenvalue weighted by Gasteiger charge is -2.31. The van der Waals surface area contributed by atoms with Gasteiger partial charge in [0.05, 0.1) is 41.9 Å². The number of morpholine rings is 1. The van der Waals surface area contributed by atoms with Crippen molar-refractivity contribution in [3.8, 4) is 0 Å². The number of aryl methyl sites for hydroxylation is 1. The summed E-state index contributed by atoms with van der Waals surface area (Å²) in [5.74, 6) is 0.923. The number of nitrogens with zero attached hydrogens (tertiary/aromatic N) is 4. The number of nitrogens with one attached hydrogen (secondary N) is 1. The fourth-order valence-corrected chi connectivity index (χ4v) is 4.53. The summed E-state index contributed by atoms with van der Waals surface area (Å²) in [6.07, 6.45) is 0. The summed E-state index contributed by atoms with van der Waals surface area (Å²) in [5, 5.41) is 12.8. The molecule has 0 radical (unpaired) electrons. The van der Waals surface area contributed by atoms with Gasteiger partial charge in [0.25, 0.3) is 0 Å². The van der Waals surface area contributed by atoms with Crippen LogP contribution in [0.5, 0.6) is 0 Å². The summed E-state index contributed by atoms with van der Waals surface area (Å²) < 4.78 is 7.45. The van der Waals surface area contributed by atoms with Gasteiger partial charge in [-0.1, -0.05) is 59.8 Å². The van der Waals surface area contributed by atoms with Gasteiger partial charge in [-0.25, -0.2) is 0 Å². The first kappa shape index (κ1) is 21.7. The van der Waals surface area contributed by atoms with Crippen molar-refractivity contribution < 1.29 is 9.53 Å². The average Bonchev–Trinajstić information content (AvgIpc) is 3.13. The van der Waals surface area contributed by atoms with Gasteiger partial charge < -0.3 is 19.5 Å². The summed E-state index contributed by atoms with van der Waals surface area (Å²) in [6.45, 7) is 5.35. The third kappa shape index (κ3) is 5.39. The molecule has 1 aliphatic heterocycles. The number of thioether (sulfide) groups is 1. The first-order valence-corrected chi connectivity index (χ1v) is 11.5. The predicted molar refractivity (Wildman–Crippen MR) is 124 cm³/mol. The molecule has 1 saturated heterocycles. The Hall–Kier alpha value is -2.55. The Morgan fingerprint density at radius 3 is 2.68 bits per heavy atom. The molecule has 0 spiro atoms. The topological polar surface area (TPSA) is 72.3 Å². The number of carbonyl (C=O) groups excluding carboxylic acids is 1. The second-order valence-electron chi connectivity index (χ2n) is 7.17. The fraction of sp³-hybridized carbons (Fsp3) is 0.318. The van der Waals surface area contributed by atoms with Crippen LogP contribution in [0, 0.1) is 6.92 Å². The highest BCUT2D eigenvalue weighted by atomic mass is 35.5. The molecular formula is C22H24ClN5O2S. The van der Waals surface area contributed by atoms with E-state index in [9.17, 15) is 4.79 Å². The SMILES string of the molecule is Cc1nnc(SCC(=O)Nc2cccc(Cl)c2N2CCOCC2)n1Cc1ccccc1. The van der Waals surface area contributed by atoms with Crippen LogP contribution in [0.4, 0.5) is 11.4 Å². The molecule has 2 aromatic carbocycles. The number of benzene rings is 2. The van der Waals surface area contributed by atoms with Crippen molar-refractivity contribution in [2.45, 2.75) is 18.6 Å². The molecule has 9 heteroatoms. The van der Waals surface area contributed by atoms with E-state index in [-0.39, 0.29) is 11.7 Å².